The third-order valence-corrected chi connectivity index (χ3v) is 9.48. The molecule has 0 atom stereocenters. The minimum absolute atomic E-state index is 0.714. The molecule has 0 aliphatic heterocycles. The second-order valence-electron chi connectivity index (χ2n) is 12.5. The van der Waals surface area contributed by atoms with Crippen molar-refractivity contribution in [2.24, 2.45) is 0 Å². The van der Waals surface area contributed by atoms with Gasteiger partial charge < -0.3 is 4.74 Å². The Kier molecular flexibility index (Phi) is 6.67. The molecular formula is C44H28N6O. The Morgan fingerprint density at radius 3 is 1.29 bits per heavy atom. The van der Waals surface area contributed by atoms with E-state index in [9.17, 15) is 0 Å². The topological polar surface area (TPSA) is 70.7 Å². The summed E-state index contributed by atoms with van der Waals surface area (Å²) in [4.78, 5) is 18.6. The first-order chi connectivity index (χ1) is 25.3. The smallest absolute Gasteiger partial charge is 0.138 e. The lowest BCUT2D eigenvalue weighted by molar-refractivity contribution is 0.484. The van der Waals surface area contributed by atoms with Crippen LogP contribution in [0, 0.1) is 0 Å². The minimum Gasteiger partial charge on any atom is -0.457 e. The molecule has 0 fully saturated rings. The first kappa shape index (κ1) is 28.9. The van der Waals surface area contributed by atoms with E-state index < -0.39 is 0 Å². The fourth-order valence-electron chi connectivity index (χ4n) is 7.15. The van der Waals surface area contributed by atoms with Gasteiger partial charge in [-0.3, -0.25) is 19.1 Å². The summed E-state index contributed by atoms with van der Waals surface area (Å²) in [6, 6.07) is 45.6. The van der Waals surface area contributed by atoms with Crippen LogP contribution >= 0.6 is 0 Å². The van der Waals surface area contributed by atoms with Crippen molar-refractivity contribution in [1.82, 2.24) is 29.1 Å². The van der Waals surface area contributed by atoms with Gasteiger partial charge in [0, 0.05) is 58.5 Å². The van der Waals surface area contributed by atoms with Gasteiger partial charge in [-0.25, -0.2) is 9.97 Å². The standard InChI is InChI=1S/C44H28N6O/c1-3-7-29(8-4-1)31-15-21-47-43(23-31)49-39-25-33(11-13-35(39)37-17-19-45-27-41(37)49)51-34-12-14-36-38-18-20-46-28-42(38)50(40(36)26-34)44-24-32(16-22-48-44)30-9-5-2-6-10-30/h1-28H. The van der Waals surface area contributed by atoms with Crippen LogP contribution in [0.15, 0.2) is 171 Å². The SMILES string of the molecule is c1ccc(-c2ccnc(-n3c4cnccc4c4ccc(Oc5ccc6c7ccncc7n(-c7cc(-c8ccccc8)ccn7)c6c5)cc43)c2)cc1. The van der Waals surface area contributed by atoms with Crippen LogP contribution in [0.25, 0.3) is 77.5 Å². The van der Waals surface area contributed by atoms with Crippen molar-refractivity contribution in [3.63, 3.8) is 0 Å². The molecule has 0 bridgehead atoms. The van der Waals surface area contributed by atoms with Crippen LogP contribution < -0.4 is 4.74 Å². The maximum atomic E-state index is 6.66. The summed E-state index contributed by atoms with van der Waals surface area (Å²) in [7, 11) is 0. The molecule has 7 heteroatoms. The number of hydrogen-bond acceptors (Lipinski definition) is 5. The summed E-state index contributed by atoms with van der Waals surface area (Å²) in [6.45, 7) is 0. The number of ether oxygens (including phenoxy) is 1. The van der Waals surface area contributed by atoms with Gasteiger partial charge in [0.2, 0.25) is 0 Å². The zero-order valence-corrected chi connectivity index (χ0v) is 27.3. The summed E-state index contributed by atoms with van der Waals surface area (Å²) >= 11 is 0. The number of nitrogens with zero attached hydrogens (tertiary/aromatic N) is 6. The van der Waals surface area contributed by atoms with Crippen LogP contribution in [-0.2, 0) is 0 Å². The summed E-state index contributed by atoms with van der Waals surface area (Å²) in [5.74, 6) is 3.05. The lowest BCUT2D eigenvalue weighted by Gasteiger charge is -2.11. The number of hydrogen-bond donors (Lipinski definition) is 0. The van der Waals surface area contributed by atoms with Crippen LogP contribution in [-0.4, -0.2) is 29.1 Å². The Labute approximate surface area is 292 Å². The molecule has 10 rings (SSSR count). The molecule has 6 heterocycles. The first-order valence-corrected chi connectivity index (χ1v) is 16.8. The predicted octanol–water partition coefficient (Wildman–Crippen LogP) is 10.6. The van der Waals surface area contributed by atoms with Crippen LogP contribution in [0.1, 0.15) is 0 Å². The molecule has 0 unspecified atom stereocenters. The Bertz CT molecular complexity index is 2700. The van der Waals surface area contributed by atoms with E-state index in [-0.39, 0.29) is 0 Å². The molecule has 7 nitrogen and oxygen atoms in total. The quantitative estimate of drug-likeness (QED) is 0.178. The highest BCUT2D eigenvalue weighted by atomic mass is 16.5. The molecule has 0 N–H and O–H groups in total. The zero-order valence-electron chi connectivity index (χ0n) is 27.3. The largest absolute Gasteiger partial charge is 0.457 e. The van der Waals surface area contributed by atoms with Gasteiger partial charge >= 0.3 is 0 Å². The van der Waals surface area contributed by atoms with Gasteiger partial charge in [-0.15, -0.1) is 0 Å². The number of pyridine rings is 4. The molecule has 6 aromatic heterocycles. The minimum atomic E-state index is 0.714. The molecular weight excluding hydrogens is 629 g/mol. The van der Waals surface area contributed by atoms with Crippen molar-refractivity contribution in [3.05, 3.63) is 171 Å². The molecule has 0 amide bonds. The Morgan fingerprint density at radius 1 is 0.373 bits per heavy atom. The highest BCUT2D eigenvalue weighted by molar-refractivity contribution is 6.10. The summed E-state index contributed by atoms with van der Waals surface area (Å²) < 4.78 is 11.0. The van der Waals surface area contributed by atoms with Gasteiger partial charge in [0.05, 0.1) is 34.5 Å². The fourth-order valence-corrected chi connectivity index (χ4v) is 7.15. The number of fused-ring (bicyclic) bond motifs is 6. The van der Waals surface area contributed by atoms with E-state index in [1.54, 1.807) is 0 Å². The molecule has 10 aromatic rings. The molecule has 240 valence electrons. The maximum absolute atomic E-state index is 6.66. The average Bonchev–Trinajstić information content (AvgIpc) is 3.71. The van der Waals surface area contributed by atoms with Crippen molar-refractivity contribution in [1.29, 1.82) is 0 Å². The number of benzene rings is 4. The van der Waals surface area contributed by atoms with Crippen LogP contribution in [0.4, 0.5) is 0 Å². The van der Waals surface area contributed by atoms with Crippen LogP contribution in [0.2, 0.25) is 0 Å². The third-order valence-electron chi connectivity index (χ3n) is 9.48. The van der Waals surface area contributed by atoms with Gasteiger partial charge in [-0.05, 0) is 82.9 Å². The lowest BCUT2D eigenvalue weighted by atomic mass is 10.1. The molecule has 0 radical (unpaired) electrons. The molecule has 0 spiro atoms. The molecule has 0 aliphatic carbocycles. The number of aromatic nitrogens is 6. The van der Waals surface area contributed by atoms with E-state index in [0.717, 1.165) is 77.5 Å². The Balaban J connectivity index is 1.10. The predicted molar refractivity (Wildman–Crippen MR) is 204 cm³/mol. The number of rotatable bonds is 6. The summed E-state index contributed by atoms with van der Waals surface area (Å²) in [6.07, 6.45) is 11.2. The summed E-state index contributed by atoms with van der Waals surface area (Å²) in [5.41, 5.74) is 8.38. The highest BCUT2D eigenvalue weighted by Gasteiger charge is 2.17. The van der Waals surface area contributed by atoms with Crippen LogP contribution in [0.5, 0.6) is 11.5 Å². The molecule has 4 aromatic carbocycles. The summed E-state index contributed by atoms with van der Waals surface area (Å²) in [5, 5.41) is 4.39. The van der Waals surface area contributed by atoms with E-state index in [1.165, 1.54) is 0 Å². The average molecular weight is 657 g/mol. The third kappa shape index (κ3) is 4.90. The van der Waals surface area contributed by atoms with E-state index in [4.69, 9.17) is 14.7 Å². The van der Waals surface area contributed by atoms with Crippen molar-refractivity contribution in [2.45, 2.75) is 0 Å². The van der Waals surface area contributed by atoms with E-state index >= 15 is 0 Å². The fraction of sp³-hybridized carbons (Fsp3) is 0. The van der Waals surface area contributed by atoms with Gasteiger partial charge in [0.1, 0.15) is 23.1 Å². The first-order valence-electron chi connectivity index (χ1n) is 16.8. The zero-order chi connectivity index (χ0) is 33.7. The van der Waals surface area contributed by atoms with Crippen molar-refractivity contribution < 1.29 is 4.74 Å². The molecule has 0 saturated heterocycles. The monoisotopic (exact) mass is 656 g/mol. The Morgan fingerprint density at radius 2 is 0.824 bits per heavy atom. The van der Waals surface area contributed by atoms with E-state index in [1.807, 2.05) is 73.6 Å². The van der Waals surface area contributed by atoms with Gasteiger partial charge in [-0.1, -0.05) is 60.7 Å². The maximum Gasteiger partial charge on any atom is 0.138 e. The Hall–Kier alpha value is -7.12. The van der Waals surface area contributed by atoms with Crippen molar-refractivity contribution in [2.75, 3.05) is 0 Å². The lowest BCUT2D eigenvalue weighted by Crippen LogP contribution is -1.98. The molecule has 0 aliphatic rings. The van der Waals surface area contributed by atoms with Crippen molar-refractivity contribution in [3.8, 4) is 45.4 Å². The second kappa shape index (κ2) is 11.8. The van der Waals surface area contributed by atoms with E-state index in [0.29, 0.717) is 11.5 Å². The molecule has 0 saturated carbocycles. The molecule has 51 heavy (non-hydrogen) atoms. The second-order valence-corrected chi connectivity index (χ2v) is 12.5. The van der Waals surface area contributed by atoms with Gasteiger partial charge in [-0.2, -0.15) is 0 Å². The van der Waals surface area contributed by atoms with Crippen LogP contribution in [0.3, 0.4) is 0 Å². The van der Waals surface area contributed by atoms with Crippen molar-refractivity contribution >= 4 is 43.6 Å². The van der Waals surface area contributed by atoms with E-state index in [2.05, 4.69) is 116 Å². The normalized spacial score (nSPS) is 11.5. The van der Waals surface area contributed by atoms with Gasteiger partial charge in [0.15, 0.2) is 0 Å². The van der Waals surface area contributed by atoms with Gasteiger partial charge in [0.25, 0.3) is 0 Å². The highest BCUT2D eigenvalue weighted by Crippen LogP contribution is 2.38.